The molecule has 0 unspecified atom stereocenters. The molecule has 2 aliphatic rings. The average molecular weight is 395 g/mol. The molecule has 3 aromatic carbocycles. The van der Waals surface area contributed by atoms with Crippen LogP contribution in [0.5, 0.6) is 0 Å². The van der Waals surface area contributed by atoms with Crippen LogP contribution in [0.4, 0.5) is 0 Å². The van der Waals surface area contributed by atoms with E-state index >= 15 is 0 Å². The van der Waals surface area contributed by atoms with Gasteiger partial charge in [0.05, 0.1) is 5.52 Å². The van der Waals surface area contributed by atoms with Crippen molar-refractivity contribution >= 4 is 27.3 Å². The summed E-state index contributed by atoms with van der Waals surface area (Å²) in [5.74, 6) is 0. The topological polar surface area (TPSA) is 30.2 Å². The number of benzene rings is 3. The van der Waals surface area contributed by atoms with Gasteiger partial charge < -0.3 is 0 Å². The number of hydrogen-bond acceptors (Lipinski definition) is 2. The van der Waals surface area contributed by atoms with Crippen molar-refractivity contribution in [1.82, 2.24) is 14.4 Å². The lowest BCUT2D eigenvalue weighted by molar-refractivity contribution is 1.23. The van der Waals surface area contributed by atoms with Crippen LogP contribution in [0.25, 0.3) is 49.6 Å². The summed E-state index contributed by atoms with van der Waals surface area (Å²) in [4.78, 5) is 9.18. The first-order valence-electron chi connectivity index (χ1n) is 10.8. The Morgan fingerprint density at radius 3 is 2.61 bits per heavy atom. The first-order chi connectivity index (χ1) is 15.4. The monoisotopic (exact) mass is 395 g/mol. The third-order valence-electron chi connectivity index (χ3n) is 7.23. The summed E-state index contributed by atoms with van der Waals surface area (Å²) in [6, 6.07) is 20.2. The van der Waals surface area contributed by atoms with E-state index in [1.807, 2.05) is 24.8 Å². The van der Waals surface area contributed by atoms with E-state index in [4.69, 9.17) is 4.98 Å². The molecular formula is C28H17N3. The summed E-state index contributed by atoms with van der Waals surface area (Å²) in [5.41, 5.74) is 13.6. The van der Waals surface area contributed by atoms with E-state index in [-0.39, 0.29) is 0 Å². The molecule has 0 fully saturated rings. The van der Waals surface area contributed by atoms with Crippen LogP contribution in [0.15, 0.2) is 79.4 Å². The fraction of sp³-hybridized carbons (Fsp3) is 0.0714. The number of pyridine rings is 2. The van der Waals surface area contributed by atoms with Gasteiger partial charge in [0, 0.05) is 40.9 Å². The first kappa shape index (κ1) is 15.8. The SMILES string of the molecule is c1ccc2c(c1)Cc1ccc3c(c1-2)Cc1c-3ccc2c1c1cnccc1n1ccnc21. The standard InChI is InChI=1S/C28H17N3/c1-2-4-18-16(3-1)13-17-5-6-19-20-7-8-21-27(23(20)14-22(19)26(17)18)24-15-29-10-9-25(24)31-12-11-30-28(21)31/h1-12,15H,13-14H2. The van der Waals surface area contributed by atoms with E-state index in [0.29, 0.717) is 0 Å². The Kier molecular flexibility index (Phi) is 2.74. The zero-order chi connectivity index (χ0) is 20.1. The maximum atomic E-state index is 4.70. The Labute approximate surface area is 178 Å². The van der Waals surface area contributed by atoms with Crippen LogP contribution in [-0.4, -0.2) is 14.4 Å². The lowest BCUT2D eigenvalue weighted by Crippen LogP contribution is -1.94. The third-order valence-corrected chi connectivity index (χ3v) is 7.23. The van der Waals surface area contributed by atoms with Crippen LogP contribution < -0.4 is 0 Å². The summed E-state index contributed by atoms with van der Waals surface area (Å²) in [7, 11) is 0. The van der Waals surface area contributed by atoms with E-state index in [1.165, 1.54) is 60.7 Å². The van der Waals surface area contributed by atoms with E-state index in [9.17, 15) is 0 Å². The van der Waals surface area contributed by atoms with Crippen molar-refractivity contribution in [2.75, 3.05) is 0 Å². The highest BCUT2D eigenvalue weighted by Gasteiger charge is 2.29. The molecule has 31 heavy (non-hydrogen) atoms. The molecule has 6 aromatic rings. The van der Waals surface area contributed by atoms with Crippen LogP contribution in [0, 0.1) is 0 Å². The molecule has 0 spiro atoms. The fourth-order valence-electron chi connectivity index (χ4n) is 5.98. The summed E-state index contributed by atoms with van der Waals surface area (Å²) in [5, 5.41) is 3.70. The molecule has 0 N–H and O–H groups in total. The van der Waals surface area contributed by atoms with E-state index in [1.54, 1.807) is 0 Å². The first-order valence-corrected chi connectivity index (χ1v) is 10.8. The zero-order valence-corrected chi connectivity index (χ0v) is 16.8. The number of imidazole rings is 1. The van der Waals surface area contributed by atoms with Gasteiger partial charge in [-0.25, -0.2) is 4.98 Å². The third kappa shape index (κ3) is 1.85. The molecule has 144 valence electrons. The molecule has 0 saturated heterocycles. The maximum Gasteiger partial charge on any atom is 0.145 e. The predicted octanol–water partition coefficient (Wildman–Crippen LogP) is 6.18. The van der Waals surface area contributed by atoms with Gasteiger partial charge in [-0.05, 0) is 69.5 Å². The summed E-state index contributed by atoms with van der Waals surface area (Å²) < 4.78 is 2.18. The Hall–Kier alpha value is -3.98. The van der Waals surface area contributed by atoms with Crippen molar-refractivity contribution in [3.8, 4) is 22.3 Å². The van der Waals surface area contributed by atoms with Crippen LogP contribution in [0.1, 0.15) is 22.3 Å². The minimum Gasteiger partial charge on any atom is -0.299 e. The van der Waals surface area contributed by atoms with Crippen LogP contribution >= 0.6 is 0 Å². The number of aromatic nitrogens is 3. The molecule has 8 rings (SSSR count). The van der Waals surface area contributed by atoms with Gasteiger partial charge in [0.2, 0.25) is 0 Å². The molecule has 0 bridgehead atoms. The molecule has 0 aliphatic heterocycles. The quantitative estimate of drug-likeness (QED) is 0.287. The van der Waals surface area contributed by atoms with Gasteiger partial charge in [-0.1, -0.05) is 42.5 Å². The molecule has 2 aliphatic carbocycles. The Bertz CT molecular complexity index is 1740. The van der Waals surface area contributed by atoms with Crippen LogP contribution in [-0.2, 0) is 12.8 Å². The Balaban J connectivity index is 1.50. The molecule has 3 nitrogen and oxygen atoms in total. The highest BCUT2D eigenvalue weighted by atomic mass is 15.0. The highest BCUT2D eigenvalue weighted by Crippen LogP contribution is 2.49. The largest absolute Gasteiger partial charge is 0.299 e. The molecular weight excluding hydrogens is 378 g/mol. The van der Waals surface area contributed by atoms with Crippen molar-refractivity contribution in [1.29, 1.82) is 0 Å². The zero-order valence-electron chi connectivity index (χ0n) is 16.8. The average Bonchev–Trinajstić information content (AvgIpc) is 3.53. The Morgan fingerprint density at radius 2 is 1.61 bits per heavy atom. The summed E-state index contributed by atoms with van der Waals surface area (Å²) in [6.07, 6.45) is 9.82. The van der Waals surface area contributed by atoms with E-state index in [0.717, 1.165) is 24.0 Å². The second-order valence-electron chi connectivity index (χ2n) is 8.66. The molecule has 0 amide bonds. The van der Waals surface area contributed by atoms with Gasteiger partial charge in [-0.2, -0.15) is 0 Å². The molecule has 0 atom stereocenters. The lowest BCUT2D eigenvalue weighted by Gasteiger charge is -2.11. The number of nitrogens with zero attached hydrogens (tertiary/aromatic N) is 3. The van der Waals surface area contributed by atoms with E-state index in [2.05, 4.69) is 64.0 Å². The minimum atomic E-state index is 0.959. The van der Waals surface area contributed by atoms with Gasteiger partial charge in [0.1, 0.15) is 5.65 Å². The molecule has 0 radical (unpaired) electrons. The minimum absolute atomic E-state index is 0.959. The van der Waals surface area contributed by atoms with Gasteiger partial charge in [0.25, 0.3) is 0 Å². The van der Waals surface area contributed by atoms with Crippen LogP contribution in [0.2, 0.25) is 0 Å². The normalized spacial score (nSPS) is 13.5. The molecule has 3 aromatic heterocycles. The van der Waals surface area contributed by atoms with Crippen molar-refractivity contribution in [2.45, 2.75) is 12.8 Å². The van der Waals surface area contributed by atoms with Crippen LogP contribution in [0.3, 0.4) is 0 Å². The maximum absolute atomic E-state index is 4.70. The number of rotatable bonds is 0. The van der Waals surface area contributed by atoms with E-state index < -0.39 is 0 Å². The molecule has 0 saturated carbocycles. The lowest BCUT2D eigenvalue weighted by atomic mass is 9.95. The van der Waals surface area contributed by atoms with Gasteiger partial charge in [0.15, 0.2) is 0 Å². The smallest absolute Gasteiger partial charge is 0.145 e. The predicted molar refractivity (Wildman–Crippen MR) is 124 cm³/mol. The fourth-order valence-corrected chi connectivity index (χ4v) is 5.98. The van der Waals surface area contributed by atoms with Gasteiger partial charge >= 0.3 is 0 Å². The van der Waals surface area contributed by atoms with Crippen molar-refractivity contribution in [3.05, 3.63) is 102 Å². The van der Waals surface area contributed by atoms with Crippen molar-refractivity contribution in [3.63, 3.8) is 0 Å². The van der Waals surface area contributed by atoms with Crippen molar-refractivity contribution < 1.29 is 0 Å². The summed E-state index contributed by atoms with van der Waals surface area (Å²) >= 11 is 0. The van der Waals surface area contributed by atoms with Gasteiger partial charge in [-0.3, -0.25) is 9.38 Å². The summed E-state index contributed by atoms with van der Waals surface area (Å²) in [6.45, 7) is 0. The molecule has 3 heterocycles. The second-order valence-corrected chi connectivity index (χ2v) is 8.66. The van der Waals surface area contributed by atoms with Crippen molar-refractivity contribution in [2.24, 2.45) is 0 Å². The number of hydrogen-bond donors (Lipinski definition) is 0. The second kappa shape index (κ2) is 5.38. The highest BCUT2D eigenvalue weighted by molar-refractivity contribution is 6.15. The Morgan fingerprint density at radius 1 is 0.710 bits per heavy atom. The van der Waals surface area contributed by atoms with Gasteiger partial charge in [-0.15, -0.1) is 0 Å². The number of fused-ring (bicyclic) bond motifs is 14. The molecule has 3 heteroatoms.